The molecule has 3 aliphatic carbocycles. The molecule has 1 unspecified atom stereocenters. The van der Waals surface area contributed by atoms with Crippen LogP contribution in [0.4, 0.5) is 0 Å². The predicted octanol–water partition coefficient (Wildman–Crippen LogP) is 12.1. The zero-order chi connectivity index (χ0) is 31.9. The summed E-state index contributed by atoms with van der Waals surface area (Å²) in [6.07, 6.45) is 7.43. The number of aryl methyl sites for hydroxylation is 1. The van der Waals surface area contributed by atoms with E-state index in [9.17, 15) is 0 Å². The van der Waals surface area contributed by atoms with Crippen LogP contribution in [0.2, 0.25) is 9.26 Å². The zero-order valence-electron chi connectivity index (χ0n) is 29.6. The SMILES string of the molecule is CC1=[C]([Zr]([CH3])([CH3])(=[SiH2])[CH]2C(C(C)C)=Cc3c(-c4ccccc4)cccc32)c2cc3c(c(-c4ccc(C(C)(C)C)cc4)c2C1)CCC3.Cl.Cl. The predicted molar refractivity (Wildman–Crippen MR) is 211 cm³/mol. The van der Waals surface area contributed by atoms with Crippen LogP contribution in [-0.4, -0.2) is 6.88 Å². The normalized spacial score (nSPS) is 17.1. The van der Waals surface area contributed by atoms with Gasteiger partial charge in [-0.25, -0.2) is 0 Å². The Labute approximate surface area is 298 Å². The van der Waals surface area contributed by atoms with Crippen molar-refractivity contribution in [2.45, 2.75) is 85.5 Å². The minimum atomic E-state index is -3.73. The molecule has 0 amide bonds. The molecule has 0 fully saturated rings. The van der Waals surface area contributed by atoms with E-state index in [0.717, 1.165) is 6.42 Å². The maximum absolute atomic E-state index is 3.73. The second kappa shape index (κ2) is 12.7. The van der Waals surface area contributed by atoms with Gasteiger partial charge in [0.15, 0.2) is 0 Å². The number of hydrogen-bond acceptors (Lipinski definition) is 0. The van der Waals surface area contributed by atoms with Gasteiger partial charge in [0, 0.05) is 0 Å². The molecule has 0 radical (unpaired) electrons. The fourth-order valence-corrected chi connectivity index (χ4v) is 28.8. The summed E-state index contributed by atoms with van der Waals surface area (Å²) in [5.74, 6) is 0.516. The van der Waals surface area contributed by atoms with Crippen molar-refractivity contribution in [1.82, 2.24) is 0 Å². The first-order valence-electron chi connectivity index (χ1n) is 17.2. The Morgan fingerprint density at radius 2 is 1.47 bits per heavy atom. The minimum Gasteiger partial charge on any atom is -0.147 e. The molecule has 0 aliphatic heterocycles. The van der Waals surface area contributed by atoms with E-state index in [4.69, 9.17) is 0 Å². The number of fused-ring (bicyclic) bond motifs is 3. The quantitative estimate of drug-likeness (QED) is 0.178. The number of benzene rings is 4. The maximum Gasteiger partial charge on any atom is -0.147 e. The molecule has 0 bridgehead atoms. The Morgan fingerprint density at radius 1 is 0.787 bits per heavy atom. The number of allylic oxidation sites excluding steroid dienone is 2. The van der Waals surface area contributed by atoms with Crippen molar-refractivity contribution in [2.75, 3.05) is 0 Å². The van der Waals surface area contributed by atoms with Gasteiger partial charge in [-0.3, -0.25) is 0 Å². The number of rotatable bonds is 5. The van der Waals surface area contributed by atoms with Crippen LogP contribution in [0.25, 0.3) is 31.6 Å². The summed E-state index contributed by atoms with van der Waals surface area (Å²) in [6, 6.07) is 30.5. The van der Waals surface area contributed by atoms with Gasteiger partial charge in [0.25, 0.3) is 0 Å². The first-order chi connectivity index (χ1) is 21.2. The van der Waals surface area contributed by atoms with E-state index in [1.54, 1.807) is 47.8 Å². The van der Waals surface area contributed by atoms with E-state index in [-0.39, 0.29) is 30.2 Å². The average molecular weight is 759 g/mol. The van der Waals surface area contributed by atoms with Crippen LogP contribution in [0.15, 0.2) is 90.0 Å². The smallest absolute Gasteiger partial charge is 0.147 e. The molecular weight excluding hydrogens is 707 g/mol. The minimum absolute atomic E-state index is 0. The van der Waals surface area contributed by atoms with Crippen LogP contribution < -0.4 is 0 Å². The van der Waals surface area contributed by atoms with Gasteiger partial charge in [-0.15, -0.1) is 24.8 Å². The third-order valence-electron chi connectivity index (χ3n) is 11.3. The van der Waals surface area contributed by atoms with Crippen LogP contribution in [0.3, 0.4) is 0 Å². The van der Waals surface area contributed by atoms with Crippen molar-refractivity contribution >= 4 is 41.1 Å². The fraction of sp³-hybridized carbons (Fsp3) is 0.349. The summed E-state index contributed by atoms with van der Waals surface area (Å²) >= 11 is -3.73. The van der Waals surface area contributed by atoms with Gasteiger partial charge in [-0.05, 0) is 0 Å². The van der Waals surface area contributed by atoms with Crippen LogP contribution >= 0.6 is 24.8 Å². The van der Waals surface area contributed by atoms with Crippen LogP contribution in [0, 0.1) is 5.92 Å². The summed E-state index contributed by atoms with van der Waals surface area (Å²) < 4.78 is 7.87. The molecule has 1 atom stereocenters. The van der Waals surface area contributed by atoms with E-state index >= 15 is 0 Å². The molecule has 0 heterocycles. The summed E-state index contributed by atoms with van der Waals surface area (Å²) in [7, 11) is 0. The van der Waals surface area contributed by atoms with Crippen molar-refractivity contribution in [1.29, 1.82) is 0 Å². The van der Waals surface area contributed by atoms with Gasteiger partial charge in [-0.1, -0.05) is 0 Å². The molecule has 4 aromatic rings. The third-order valence-corrected chi connectivity index (χ3v) is 27.7. The van der Waals surface area contributed by atoms with Crippen LogP contribution in [0.1, 0.15) is 90.5 Å². The monoisotopic (exact) mass is 756 g/mol. The van der Waals surface area contributed by atoms with Crippen molar-refractivity contribution < 1.29 is 17.4 Å². The molecule has 0 nitrogen and oxygen atoms in total. The molecule has 4 heteroatoms. The fourth-order valence-electron chi connectivity index (χ4n) is 9.38. The van der Waals surface area contributed by atoms with Crippen molar-refractivity contribution in [3.05, 3.63) is 129 Å². The molecule has 0 N–H and O–H groups in total. The van der Waals surface area contributed by atoms with E-state index in [0.29, 0.717) is 9.54 Å². The Kier molecular flexibility index (Phi) is 9.84. The first-order valence-corrected chi connectivity index (χ1v) is 30.7. The Bertz CT molecular complexity index is 1980. The molecule has 4 aromatic carbocycles. The van der Waals surface area contributed by atoms with E-state index < -0.39 is 17.4 Å². The molecular formula is C43H52Cl2SiZr. The second-order valence-corrected chi connectivity index (χ2v) is 46.0. The second-order valence-electron chi connectivity index (χ2n) is 16.6. The average Bonchev–Trinajstić information content (AvgIpc) is 3.71. The van der Waals surface area contributed by atoms with Crippen molar-refractivity contribution in [2.24, 2.45) is 5.92 Å². The molecule has 0 saturated carbocycles. The standard InChI is InChI=1S/C23H25.C18H17.2CH3.2ClH.H2Si.Zr/c1-15-12-18-14-17-6-5-7-20(17)22(21(18)13-15)16-8-10-19(11-9-16)23(2,3)4;1-13(2)16-11-15-9-6-10-17(18(15)12-16)14-7-4-3-5-8-14;;;;;;/h8-11,14H,5-7,13H2,1-4H3;3-13H,1-2H3;2*1H3;2*1H;1H2;. The van der Waals surface area contributed by atoms with Gasteiger partial charge >= 0.3 is 276 Å². The molecule has 0 spiro atoms. The van der Waals surface area contributed by atoms with Gasteiger partial charge < -0.3 is 0 Å². The third kappa shape index (κ3) is 5.98. The summed E-state index contributed by atoms with van der Waals surface area (Å²) in [6.45, 7) is 16.8. The van der Waals surface area contributed by atoms with Crippen molar-refractivity contribution in [3.8, 4) is 22.3 Å². The summed E-state index contributed by atoms with van der Waals surface area (Å²) in [5, 5.41) is 0. The largest absolute Gasteiger partial charge is 0.147 e. The van der Waals surface area contributed by atoms with Crippen LogP contribution in [0.5, 0.6) is 0 Å². The number of halogens is 2. The molecule has 7 rings (SSSR count). The Balaban J connectivity index is 0.00000217. The number of hydrogen-bond donors (Lipinski definition) is 0. The molecule has 0 aromatic heterocycles. The van der Waals surface area contributed by atoms with E-state index in [1.165, 1.54) is 47.1 Å². The van der Waals surface area contributed by atoms with Gasteiger partial charge in [0.2, 0.25) is 0 Å². The Hall–Kier alpha value is -1.96. The summed E-state index contributed by atoms with van der Waals surface area (Å²) in [4.78, 5) is 0. The maximum atomic E-state index is 2.78. The van der Waals surface area contributed by atoms with Gasteiger partial charge in [-0.2, -0.15) is 0 Å². The van der Waals surface area contributed by atoms with Crippen molar-refractivity contribution in [3.63, 3.8) is 0 Å². The molecule has 47 heavy (non-hydrogen) atoms. The first kappa shape index (κ1) is 36.3. The van der Waals surface area contributed by atoms with Crippen LogP contribution in [-0.2, 0) is 42.1 Å². The van der Waals surface area contributed by atoms with Gasteiger partial charge in [0.05, 0.1) is 0 Å². The molecule has 0 saturated heterocycles. The molecule has 246 valence electrons. The zero-order valence-corrected chi connectivity index (χ0v) is 35.1. The van der Waals surface area contributed by atoms with Gasteiger partial charge in [0.1, 0.15) is 0 Å². The topological polar surface area (TPSA) is 0 Å². The van der Waals surface area contributed by atoms with E-state index in [2.05, 4.69) is 143 Å². The molecule has 3 aliphatic rings. The Morgan fingerprint density at radius 3 is 2.11 bits per heavy atom. The van der Waals surface area contributed by atoms with E-state index in [1.807, 2.05) is 0 Å². The summed E-state index contributed by atoms with van der Waals surface area (Å²) in [5.41, 5.74) is 20.1.